The van der Waals surface area contributed by atoms with Gasteiger partial charge < -0.3 is 4.90 Å². The molecule has 1 unspecified atom stereocenters. The molecule has 1 atom stereocenters. The number of hydrogen-bond acceptors (Lipinski definition) is 4. The Kier molecular flexibility index (Phi) is 6.46. The molecule has 2 heterocycles. The highest BCUT2D eigenvalue weighted by atomic mass is 32.2. The van der Waals surface area contributed by atoms with E-state index in [0.717, 1.165) is 63.5 Å². The van der Waals surface area contributed by atoms with Crippen LogP contribution in [0.4, 0.5) is 0 Å². The Morgan fingerprint density at radius 2 is 2.08 bits per heavy atom. The lowest BCUT2D eigenvalue weighted by atomic mass is 9.89. The van der Waals surface area contributed by atoms with Crippen molar-refractivity contribution in [3.63, 3.8) is 0 Å². The molecule has 2 aliphatic rings. The first kappa shape index (κ1) is 19.5. The third-order valence-electron chi connectivity index (χ3n) is 5.52. The molecule has 0 bridgehead atoms. The number of aryl methyl sites for hydroxylation is 1. The van der Waals surface area contributed by atoms with Crippen LogP contribution in [0.25, 0.3) is 0 Å². The van der Waals surface area contributed by atoms with E-state index in [9.17, 15) is 4.79 Å². The number of rotatable bonds is 6. The van der Waals surface area contributed by atoms with E-state index in [1.54, 1.807) is 0 Å². The minimum absolute atomic E-state index is 0.136. The summed E-state index contributed by atoms with van der Waals surface area (Å²) in [4.78, 5) is 17.6. The van der Waals surface area contributed by atoms with Crippen LogP contribution in [0.3, 0.4) is 0 Å². The normalized spacial score (nSPS) is 20.3. The summed E-state index contributed by atoms with van der Waals surface area (Å²) in [6.07, 6.45) is 3.07. The third-order valence-corrected chi connectivity index (χ3v) is 6.46. The van der Waals surface area contributed by atoms with Crippen molar-refractivity contribution in [1.29, 1.82) is 0 Å². The zero-order valence-corrected chi connectivity index (χ0v) is 17.3. The lowest BCUT2D eigenvalue weighted by molar-refractivity contribution is 0.0763. The van der Waals surface area contributed by atoms with Gasteiger partial charge in [-0.1, -0.05) is 19.1 Å². The van der Waals surface area contributed by atoms with Crippen LogP contribution in [0.5, 0.6) is 0 Å². The zero-order valence-electron chi connectivity index (χ0n) is 16.5. The maximum atomic E-state index is 13.1. The highest BCUT2D eigenvalue weighted by Crippen LogP contribution is 2.29. The van der Waals surface area contributed by atoms with E-state index in [2.05, 4.69) is 36.9 Å². The molecule has 144 valence electrons. The molecule has 3 rings (SSSR count). The molecule has 1 aromatic heterocycles. The summed E-state index contributed by atoms with van der Waals surface area (Å²) in [6, 6.07) is 0.474. The molecular formula is C20H32N4OS. The van der Waals surface area contributed by atoms with Crippen LogP contribution in [0.15, 0.2) is 12.2 Å². The maximum Gasteiger partial charge on any atom is 0.274 e. The van der Waals surface area contributed by atoms with Gasteiger partial charge in [0, 0.05) is 55.0 Å². The number of carbonyl (C=O) groups excluding carboxylic acids is 1. The molecule has 1 aliphatic carbocycles. The first-order valence-corrected chi connectivity index (χ1v) is 11.0. The van der Waals surface area contributed by atoms with Crippen LogP contribution >= 0.6 is 11.8 Å². The summed E-state index contributed by atoms with van der Waals surface area (Å²) >= 11 is 1.93. The van der Waals surface area contributed by atoms with Crippen molar-refractivity contribution in [2.24, 2.45) is 0 Å². The maximum absolute atomic E-state index is 13.1. The molecule has 26 heavy (non-hydrogen) atoms. The number of carbonyl (C=O) groups is 1. The number of aromatic nitrogens is 2. The second-order valence-electron chi connectivity index (χ2n) is 7.41. The Morgan fingerprint density at radius 1 is 1.35 bits per heavy atom. The Morgan fingerprint density at radius 3 is 2.69 bits per heavy atom. The van der Waals surface area contributed by atoms with E-state index in [1.165, 1.54) is 16.8 Å². The van der Waals surface area contributed by atoms with Crippen molar-refractivity contribution >= 4 is 17.7 Å². The highest BCUT2D eigenvalue weighted by molar-refractivity contribution is 7.99. The van der Waals surface area contributed by atoms with Gasteiger partial charge in [-0.05, 0) is 39.7 Å². The van der Waals surface area contributed by atoms with Gasteiger partial charge in [0.15, 0.2) is 5.69 Å². The van der Waals surface area contributed by atoms with Gasteiger partial charge in [-0.2, -0.15) is 16.9 Å². The van der Waals surface area contributed by atoms with Crippen LogP contribution in [-0.2, 0) is 19.4 Å². The van der Waals surface area contributed by atoms with Crippen molar-refractivity contribution in [3.05, 3.63) is 29.1 Å². The lowest BCUT2D eigenvalue weighted by Crippen LogP contribution is -2.41. The second kappa shape index (κ2) is 8.61. The predicted octanol–water partition coefficient (Wildman–Crippen LogP) is 2.85. The smallest absolute Gasteiger partial charge is 0.274 e. The minimum atomic E-state index is 0.136. The average Bonchev–Trinajstić information content (AvgIpc) is 3.04. The molecular weight excluding hydrogens is 344 g/mol. The van der Waals surface area contributed by atoms with Gasteiger partial charge in [0.2, 0.25) is 0 Å². The summed E-state index contributed by atoms with van der Waals surface area (Å²) in [7, 11) is 0. The van der Waals surface area contributed by atoms with Crippen molar-refractivity contribution in [2.45, 2.75) is 52.6 Å². The molecule has 0 aromatic carbocycles. The number of hydrogen-bond donors (Lipinski definition) is 0. The monoisotopic (exact) mass is 376 g/mol. The van der Waals surface area contributed by atoms with Gasteiger partial charge in [0.25, 0.3) is 5.91 Å². The molecule has 5 nitrogen and oxygen atoms in total. The number of nitrogens with zero attached hydrogens (tertiary/aromatic N) is 4. The van der Waals surface area contributed by atoms with Crippen LogP contribution in [0.2, 0.25) is 0 Å². The van der Waals surface area contributed by atoms with Crippen molar-refractivity contribution in [2.75, 3.05) is 37.7 Å². The first-order valence-electron chi connectivity index (χ1n) is 9.89. The standard InChI is InChI=1S/C20H32N4OS/c1-5-22(14-15(3)4)16-7-8-18-17(13-16)19(21-24(18)6-2)20(25)23-9-11-26-12-10-23/h16H,3,5-14H2,1-2,4H3. The van der Waals surface area contributed by atoms with E-state index in [-0.39, 0.29) is 5.91 Å². The Bertz CT molecular complexity index is 663. The number of amides is 1. The SMILES string of the molecule is C=C(C)CN(CC)C1CCc2c(c(C(=O)N3CCSCC3)nn2CC)C1. The third kappa shape index (κ3) is 4.01. The molecule has 0 radical (unpaired) electrons. The van der Waals surface area contributed by atoms with Crippen LogP contribution in [-0.4, -0.2) is 69.2 Å². The average molecular weight is 377 g/mol. The molecule has 6 heteroatoms. The molecule has 1 saturated heterocycles. The van der Waals surface area contributed by atoms with E-state index >= 15 is 0 Å². The van der Waals surface area contributed by atoms with Crippen LogP contribution < -0.4 is 0 Å². The molecule has 0 spiro atoms. The quantitative estimate of drug-likeness (QED) is 0.716. The van der Waals surface area contributed by atoms with E-state index in [0.29, 0.717) is 11.7 Å². The molecule has 1 aliphatic heterocycles. The molecule has 1 fully saturated rings. The van der Waals surface area contributed by atoms with Gasteiger partial charge in [-0.15, -0.1) is 0 Å². The van der Waals surface area contributed by atoms with Gasteiger partial charge in [-0.25, -0.2) is 0 Å². The Balaban J connectivity index is 1.86. The van der Waals surface area contributed by atoms with Gasteiger partial charge in [0.05, 0.1) is 0 Å². The van der Waals surface area contributed by atoms with Crippen molar-refractivity contribution in [3.8, 4) is 0 Å². The van der Waals surface area contributed by atoms with Crippen LogP contribution in [0, 0.1) is 0 Å². The molecule has 1 aromatic rings. The second-order valence-corrected chi connectivity index (χ2v) is 8.64. The fourth-order valence-electron chi connectivity index (χ4n) is 4.18. The van der Waals surface area contributed by atoms with E-state index < -0.39 is 0 Å². The highest BCUT2D eigenvalue weighted by Gasteiger charge is 2.33. The summed E-state index contributed by atoms with van der Waals surface area (Å²) < 4.78 is 2.06. The molecule has 1 amide bonds. The van der Waals surface area contributed by atoms with E-state index in [1.807, 2.05) is 16.7 Å². The van der Waals surface area contributed by atoms with Crippen molar-refractivity contribution in [1.82, 2.24) is 19.6 Å². The Labute approximate surface area is 161 Å². The Hall–Kier alpha value is -1.27. The van der Waals surface area contributed by atoms with Gasteiger partial charge in [0.1, 0.15) is 0 Å². The lowest BCUT2D eigenvalue weighted by Gasteiger charge is -2.34. The van der Waals surface area contributed by atoms with Gasteiger partial charge in [-0.3, -0.25) is 14.4 Å². The largest absolute Gasteiger partial charge is 0.336 e. The summed E-state index contributed by atoms with van der Waals surface area (Å²) in [5.74, 6) is 2.21. The zero-order chi connectivity index (χ0) is 18.7. The fraction of sp³-hybridized carbons (Fsp3) is 0.700. The fourth-order valence-corrected chi connectivity index (χ4v) is 5.08. The number of fused-ring (bicyclic) bond motifs is 1. The summed E-state index contributed by atoms with van der Waals surface area (Å²) in [5.41, 5.74) is 4.39. The number of thioether (sulfide) groups is 1. The summed E-state index contributed by atoms with van der Waals surface area (Å²) in [5, 5.41) is 4.75. The first-order chi connectivity index (χ1) is 12.5. The summed E-state index contributed by atoms with van der Waals surface area (Å²) in [6.45, 7) is 15.0. The molecule has 0 N–H and O–H groups in total. The molecule has 0 saturated carbocycles. The van der Waals surface area contributed by atoms with E-state index in [4.69, 9.17) is 5.10 Å². The predicted molar refractivity (Wildman–Crippen MR) is 109 cm³/mol. The van der Waals surface area contributed by atoms with Crippen LogP contribution in [0.1, 0.15) is 48.9 Å². The van der Waals surface area contributed by atoms with Gasteiger partial charge >= 0.3 is 0 Å². The minimum Gasteiger partial charge on any atom is -0.336 e. The number of likely N-dealkylation sites (N-methyl/N-ethyl adjacent to an activating group) is 1. The van der Waals surface area contributed by atoms with Crippen molar-refractivity contribution < 1.29 is 4.79 Å². The topological polar surface area (TPSA) is 41.4 Å².